The second-order valence-electron chi connectivity index (χ2n) is 7.41. The molecule has 1 aromatic carbocycles. The van der Waals surface area contributed by atoms with E-state index in [1.807, 2.05) is 18.2 Å². The molecule has 0 aromatic heterocycles. The van der Waals surface area contributed by atoms with Gasteiger partial charge in [0, 0.05) is 32.2 Å². The van der Waals surface area contributed by atoms with Gasteiger partial charge in [-0.25, -0.2) is 0 Å². The molecule has 1 saturated heterocycles. The molecular formula is C21H36N4O. The Labute approximate surface area is 159 Å². The van der Waals surface area contributed by atoms with Crippen LogP contribution in [0.25, 0.3) is 0 Å². The van der Waals surface area contributed by atoms with E-state index in [0.29, 0.717) is 25.8 Å². The van der Waals surface area contributed by atoms with Crippen LogP contribution >= 0.6 is 0 Å². The fourth-order valence-electron chi connectivity index (χ4n) is 3.28. The minimum Gasteiger partial charge on any atom is -0.375 e. The molecule has 0 unspecified atom stereocenters. The van der Waals surface area contributed by atoms with E-state index in [2.05, 4.69) is 53.4 Å². The van der Waals surface area contributed by atoms with Crippen LogP contribution in [0.5, 0.6) is 0 Å². The van der Waals surface area contributed by atoms with Gasteiger partial charge in [0.15, 0.2) is 5.96 Å². The summed E-state index contributed by atoms with van der Waals surface area (Å²) in [5, 5.41) is 6.95. The van der Waals surface area contributed by atoms with Crippen LogP contribution in [0.3, 0.4) is 0 Å². The molecule has 0 atom stereocenters. The van der Waals surface area contributed by atoms with Gasteiger partial charge in [0.05, 0.1) is 19.8 Å². The molecule has 1 aromatic rings. The zero-order chi connectivity index (χ0) is 18.6. The Bertz CT molecular complexity index is 510. The van der Waals surface area contributed by atoms with Crippen LogP contribution in [0, 0.1) is 5.92 Å². The second-order valence-corrected chi connectivity index (χ2v) is 7.41. The smallest absolute Gasteiger partial charge is 0.191 e. The maximum absolute atomic E-state index is 5.72. The number of benzene rings is 1. The standard InChI is InChI=1S/C21H36N4O/c1-4-22-21(23-12-15-26-17-19-8-6-5-7-9-19)24-20-10-13-25(14-11-20)16-18(2)3/h5-9,18,20H,4,10-17H2,1-3H3,(H2,22,23,24). The van der Waals surface area contributed by atoms with Crippen molar-refractivity contribution in [1.82, 2.24) is 15.5 Å². The van der Waals surface area contributed by atoms with Crippen molar-refractivity contribution >= 4 is 5.96 Å². The number of aliphatic imine (C=N–C) groups is 1. The number of nitrogens with one attached hydrogen (secondary N) is 2. The van der Waals surface area contributed by atoms with E-state index in [-0.39, 0.29) is 0 Å². The molecule has 26 heavy (non-hydrogen) atoms. The summed E-state index contributed by atoms with van der Waals surface area (Å²) in [6.07, 6.45) is 2.36. The third kappa shape index (κ3) is 8.19. The SMILES string of the molecule is CCNC(=NCCOCc1ccccc1)NC1CCN(CC(C)C)CC1. The van der Waals surface area contributed by atoms with E-state index in [9.17, 15) is 0 Å². The topological polar surface area (TPSA) is 48.9 Å². The number of piperidine rings is 1. The minimum absolute atomic E-state index is 0.515. The van der Waals surface area contributed by atoms with Crippen LogP contribution in [0.4, 0.5) is 0 Å². The summed E-state index contributed by atoms with van der Waals surface area (Å²) in [6.45, 7) is 13.1. The van der Waals surface area contributed by atoms with Gasteiger partial charge in [-0.2, -0.15) is 0 Å². The Morgan fingerprint density at radius 3 is 2.62 bits per heavy atom. The normalized spacial score (nSPS) is 16.8. The van der Waals surface area contributed by atoms with Gasteiger partial charge in [-0.15, -0.1) is 0 Å². The third-order valence-corrected chi connectivity index (χ3v) is 4.51. The summed E-state index contributed by atoms with van der Waals surface area (Å²) in [7, 11) is 0. The summed E-state index contributed by atoms with van der Waals surface area (Å²) >= 11 is 0. The summed E-state index contributed by atoms with van der Waals surface area (Å²) in [5.74, 6) is 1.66. The Morgan fingerprint density at radius 1 is 1.23 bits per heavy atom. The van der Waals surface area contributed by atoms with Gasteiger partial charge in [0.25, 0.3) is 0 Å². The molecule has 1 aliphatic heterocycles. The van der Waals surface area contributed by atoms with E-state index in [1.54, 1.807) is 0 Å². The number of hydrogen-bond donors (Lipinski definition) is 2. The zero-order valence-electron chi connectivity index (χ0n) is 16.7. The average molecular weight is 361 g/mol. The highest BCUT2D eigenvalue weighted by atomic mass is 16.5. The summed E-state index contributed by atoms with van der Waals surface area (Å²) < 4.78 is 5.72. The first kappa shape index (κ1) is 20.7. The lowest BCUT2D eigenvalue weighted by Gasteiger charge is -2.34. The third-order valence-electron chi connectivity index (χ3n) is 4.51. The molecule has 2 rings (SSSR count). The van der Waals surface area contributed by atoms with Crippen molar-refractivity contribution in [3.63, 3.8) is 0 Å². The molecule has 1 heterocycles. The maximum Gasteiger partial charge on any atom is 0.191 e. The van der Waals surface area contributed by atoms with Gasteiger partial charge < -0.3 is 20.3 Å². The molecule has 5 heteroatoms. The highest BCUT2D eigenvalue weighted by Crippen LogP contribution is 2.12. The van der Waals surface area contributed by atoms with Gasteiger partial charge in [-0.1, -0.05) is 44.2 Å². The van der Waals surface area contributed by atoms with Crippen molar-refractivity contribution in [2.45, 2.75) is 46.3 Å². The first-order chi connectivity index (χ1) is 12.7. The van der Waals surface area contributed by atoms with Crippen LogP contribution in [-0.2, 0) is 11.3 Å². The van der Waals surface area contributed by atoms with Crippen molar-refractivity contribution in [2.24, 2.45) is 10.9 Å². The maximum atomic E-state index is 5.72. The van der Waals surface area contributed by atoms with Crippen molar-refractivity contribution in [3.05, 3.63) is 35.9 Å². The lowest BCUT2D eigenvalue weighted by atomic mass is 10.0. The van der Waals surface area contributed by atoms with Gasteiger partial charge in [-0.3, -0.25) is 4.99 Å². The molecule has 0 bridgehead atoms. The predicted molar refractivity (Wildman–Crippen MR) is 110 cm³/mol. The zero-order valence-corrected chi connectivity index (χ0v) is 16.7. The monoisotopic (exact) mass is 360 g/mol. The minimum atomic E-state index is 0.515. The van der Waals surface area contributed by atoms with Gasteiger partial charge in [0.2, 0.25) is 0 Å². The Balaban J connectivity index is 1.68. The summed E-state index contributed by atoms with van der Waals surface area (Å²) in [4.78, 5) is 7.24. The Morgan fingerprint density at radius 2 is 1.96 bits per heavy atom. The van der Waals surface area contributed by atoms with Gasteiger partial charge >= 0.3 is 0 Å². The Kier molecular flexibility index (Phi) is 9.50. The number of nitrogens with zero attached hydrogens (tertiary/aromatic N) is 2. The van der Waals surface area contributed by atoms with Crippen molar-refractivity contribution in [3.8, 4) is 0 Å². The first-order valence-corrected chi connectivity index (χ1v) is 10.1. The molecular weight excluding hydrogens is 324 g/mol. The number of guanidine groups is 1. The number of ether oxygens (including phenoxy) is 1. The van der Waals surface area contributed by atoms with Crippen molar-refractivity contribution < 1.29 is 4.74 Å². The van der Waals surface area contributed by atoms with E-state index in [1.165, 1.54) is 38.0 Å². The van der Waals surface area contributed by atoms with Crippen LogP contribution in [0.15, 0.2) is 35.3 Å². The molecule has 1 aliphatic rings. The predicted octanol–water partition coefficient (Wildman–Crippen LogP) is 2.88. The quantitative estimate of drug-likeness (QED) is 0.404. The lowest BCUT2D eigenvalue weighted by Crippen LogP contribution is -2.49. The van der Waals surface area contributed by atoms with Crippen LogP contribution in [-0.4, -0.2) is 56.2 Å². The van der Waals surface area contributed by atoms with Crippen LogP contribution < -0.4 is 10.6 Å². The number of hydrogen-bond acceptors (Lipinski definition) is 3. The molecule has 0 spiro atoms. The second kappa shape index (κ2) is 11.9. The van der Waals surface area contributed by atoms with E-state index in [4.69, 9.17) is 4.74 Å². The highest BCUT2D eigenvalue weighted by Gasteiger charge is 2.20. The van der Waals surface area contributed by atoms with E-state index < -0.39 is 0 Å². The molecule has 0 saturated carbocycles. The van der Waals surface area contributed by atoms with Gasteiger partial charge in [0.1, 0.15) is 0 Å². The average Bonchev–Trinajstić information content (AvgIpc) is 2.63. The van der Waals surface area contributed by atoms with Crippen molar-refractivity contribution in [1.29, 1.82) is 0 Å². The molecule has 146 valence electrons. The highest BCUT2D eigenvalue weighted by molar-refractivity contribution is 5.80. The molecule has 0 amide bonds. The molecule has 0 radical (unpaired) electrons. The van der Waals surface area contributed by atoms with E-state index in [0.717, 1.165) is 18.4 Å². The molecule has 2 N–H and O–H groups in total. The van der Waals surface area contributed by atoms with Crippen molar-refractivity contribution in [2.75, 3.05) is 39.3 Å². The van der Waals surface area contributed by atoms with Gasteiger partial charge in [-0.05, 0) is 31.2 Å². The summed E-state index contributed by atoms with van der Waals surface area (Å²) in [5.41, 5.74) is 1.20. The number of rotatable bonds is 9. The van der Waals surface area contributed by atoms with Crippen LogP contribution in [0.1, 0.15) is 39.2 Å². The largest absolute Gasteiger partial charge is 0.375 e. The summed E-state index contributed by atoms with van der Waals surface area (Å²) in [6, 6.07) is 10.8. The first-order valence-electron chi connectivity index (χ1n) is 10.1. The van der Waals surface area contributed by atoms with E-state index >= 15 is 0 Å². The van der Waals surface area contributed by atoms with Crippen LogP contribution in [0.2, 0.25) is 0 Å². The fraction of sp³-hybridized carbons (Fsp3) is 0.667. The lowest BCUT2D eigenvalue weighted by molar-refractivity contribution is 0.128. The molecule has 5 nitrogen and oxygen atoms in total. The molecule has 1 fully saturated rings. The number of likely N-dealkylation sites (tertiary alicyclic amines) is 1. The molecule has 0 aliphatic carbocycles. The fourth-order valence-corrected chi connectivity index (χ4v) is 3.28. The Hall–Kier alpha value is -1.59.